The zero-order chi connectivity index (χ0) is 11.5. The number of carbonyl (C=O) groups excluding carboxylic acids is 1. The van der Waals surface area contributed by atoms with E-state index in [0.717, 1.165) is 30.5 Å². The summed E-state index contributed by atoms with van der Waals surface area (Å²) >= 11 is 5.19. The standard InChI is InChI=1S/C11H15BrN2OS/c1-13-3-2-4-14(7-11(13)15)6-10-5-9(12)8-16-10/h5,8H,2-4,6-7H2,1H3. The molecule has 0 aromatic carbocycles. The zero-order valence-corrected chi connectivity index (χ0v) is 11.7. The van der Waals surface area contributed by atoms with Gasteiger partial charge in [-0.3, -0.25) is 9.69 Å². The maximum atomic E-state index is 11.7. The molecule has 0 aliphatic carbocycles. The summed E-state index contributed by atoms with van der Waals surface area (Å²) in [6, 6.07) is 2.13. The average molecular weight is 303 g/mol. The summed E-state index contributed by atoms with van der Waals surface area (Å²) in [5.41, 5.74) is 0. The van der Waals surface area contributed by atoms with Gasteiger partial charge in [-0.1, -0.05) is 0 Å². The number of hydrogen-bond donors (Lipinski definition) is 0. The van der Waals surface area contributed by atoms with E-state index in [9.17, 15) is 4.79 Å². The van der Waals surface area contributed by atoms with Gasteiger partial charge < -0.3 is 4.90 Å². The Morgan fingerprint density at radius 1 is 1.50 bits per heavy atom. The van der Waals surface area contributed by atoms with Crippen LogP contribution in [0.3, 0.4) is 0 Å². The van der Waals surface area contributed by atoms with Gasteiger partial charge in [0, 0.05) is 41.4 Å². The molecule has 1 saturated heterocycles. The molecular weight excluding hydrogens is 288 g/mol. The maximum absolute atomic E-state index is 11.7. The van der Waals surface area contributed by atoms with Crippen LogP contribution in [0.1, 0.15) is 11.3 Å². The van der Waals surface area contributed by atoms with E-state index in [1.807, 2.05) is 11.9 Å². The van der Waals surface area contributed by atoms with Gasteiger partial charge >= 0.3 is 0 Å². The summed E-state index contributed by atoms with van der Waals surface area (Å²) in [5.74, 6) is 0.230. The van der Waals surface area contributed by atoms with Crippen molar-refractivity contribution in [2.75, 3.05) is 26.7 Å². The molecule has 0 bridgehead atoms. The summed E-state index contributed by atoms with van der Waals surface area (Å²) < 4.78 is 1.13. The Balaban J connectivity index is 1.97. The van der Waals surface area contributed by atoms with Crippen LogP contribution in [0.25, 0.3) is 0 Å². The highest BCUT2D eigenvalue weighted by molar-refractivity contribution is 9.10. The molecule has 5 heteroatoms. The molecule has 0 N–H and O–H groups in total. The summed E-state index contributed by atoms with van der Waals surface area (Å²) in [7, 11) is 1.88. The molecule has 1 aliphatic heterocycles. The maximum Gasteiger partial charge on any atom is 0.236 e. The zero-order valence-electron chi connectivity index (χ0n) is 9.28. The van der Waals surface area contributed by atoms with Crippen LogP contribution >= 0.6 is 27.3 Å². The molecule has 0 atom stereocenters. The third-order valence-electron chi connectivity index (χ3n) is 2.75. The topological polar surface area (TPSA) is 23.6 Å². The monoisotopic (exact) mass is 302 g/mol. The molecule has 1 aromatic rings. The van der Waals surface area contributed by atoms with Crippen LogP contribution in [-0.4, -0.2) is 42.4 Å². The third kappa shape index (κ3) is 3.06. The number of hydrogen-bond acceptors (Lipinski definition) is 3. The molecule has 2 heterocycles. The first-order valence-corrected chi connectivity index (χ1v) is 7.01. The van der Waals surface area contributed by atoms with Gasteiger partial charge in [-0.25, -0.2) is 0 Å². The molecule has 1 aromatic heterocycles. The quantitative estimate of drug-likeness (QED) is 0.836. The van der Waals surface area contributed by atoms with Gasteiger partial charge in [0.1, 0.15) is 0 Å². The first-order chi connectivity index (χ1) is 7.65. The van der Waals surface area contributed by atoms with E-state index < -0.39 is 0 Å². The van der Waals surface area contributed by atoms with Crippen molar-refractivity contribution >= 4 is 33.2 Å². The van der Waals surface area contributed by atoms with Crippen molar-refractivity contribution in [3.8, 4) is 0 Å². The fourth-order valence-electron chi connectivity index (χ4n) is 1.84. The summed E-state index contributed by atoms with van der Waals surface area (Å²) in [4.78, 5) is 17.1. The Kier molecular flexibility index (Phi) is 4.00. The number of thiophene rings is 1. The van der Waals surface area contributed by atoms with Crippen molar-refractivity contribution < 1.29 is 4.79 Å². The second-order valence-electron chi connectivity index (χ2n) is 4.11. The second kappa shape index (κ2) is 5.29. The number of nitrogens with zero attached hydrogens (tertiary/aromatic N) is 2. The lowest BCUT2D eigenvalue weighted by atomic mass is 10.3. The van der Waals surface area contributed by atoms with Gasteiger partial charge in [-0.05, 0) is 28.4 Å². The Morgan fingerprint density at radius 3 is 3.00 bits per heavy atom. The van der Waals surface area contributed by atoms with Gasteiger partial charge in [-0.15, -0.1) is 11.3 Å². The van der Waals surface area contributed by atoms with Gasteiger partial charge in [0.15, 0.2) is 0 Å². The minimum absolute atomic E-state index is 0.230. The number of halogens is 1. The molecular formula is C11H15BrN2OS. The molecule has 2 rings (SSSR count). The molecule has 1 aliphatic rings. The highest BCUT2D eigenvalue weighted by Gasteiger charge is 2.19. The minimum Gasteiger partial charge on any atom is -0.345 e. The molecule has 1 fully saturated rings. The Hall–Kier alpha value is -0.390. The molecule has 0 unspecified atom stereocenters. The first-order valence-electron chi connectivity index (χ1n) is 5.34. The lowest BCUT2D eigenvalue weighted by Crippen LogP contribution is -2.33. The number of rotatable bonds is 2. The predicted molar refractivity (Wildman–Crippen MR) is 69.6 cm³/mol. The Bertz CT molecular complexity index is 380. The van der Waals surface area contributed by atoms with Gasteiger partial charge in [0.25, 0.3) is 0 Å². The molecule has 0 saturated carbocycles. The van der Waals surface area contributed by atoms with Crippen molar-refractivity contribution in [2.45, 2.75) is 13.0 Å². The van der Waals surface area contributed by atoms with Crippen molar-refractivity contribution in [3.63, 3.8) is 0 Å². The van der Waals surface area contributed by atoms with Crippen molar-refractivity contribution in [3.05, 3.63) is 20.8 Å². The van der Waals surface area contributed by atoms with E-state index in [1.165, 1.54) is 4.88 Å². The lowest BCUT2D eigenvalue weighted by Gasteiger charge is -2.18. The normalized spacial score (nSPS) is 18.9. The number of amides is 1. The smallest absolute Gasteiger partial charge is 0.236 e. The van der Waals surface area contributed by atoms with Gasteiger partial charge in [-0.2, -0.15) is 0 Å². The fourth-order valence-corrected chi connectivity index (χ4v) is 3.33. The van der Waals surface area contributed by atoms with E-state index >= 15 is 0 Å². The SMILES string of the molecule is CN1CCCN(Cc2cc(Br)cs2)CC1=O. The van der Waals surface area contributed by atoms with Crippen molar-refractivity contribution in [1.82, 2.24) is 9.80 Å². The highest BCUT2D eigenvalue weighted by atomic mass is 79.9. The lowest BCUT2D eigenvalue weighted by molar-refractivity contribution is -0.129. The van der Waals surface area contributed by atoms with Crippen molar-refractivity contribution in [2.24, 2.45) is 0 Å². The fraction of sp³-hybridized carbons (Fsp3) is 0.545. The van der Waals surface area contributed by atoms with Gasteiger partial charge in [0.2, 0.25) is 5.91 Å². The van der Waals surface area contributed by atoms with Crippen LogP contribution in [0.2, 0.25) is 0 Å². The Morgan fingerprint density at radius 2 is 2.31 bits per heavy atom. The van der Waals surface area contributed by atoms with Crippen LogP contribution in [-0.2, 0) is 11.3 Å². The highest BCUT2D eigenvalue weighted by Crippen LogP contribution is 2.21. The number of likely N-dealkylation sites (N-methyl/N-ethyl adjacent to an activating group) is 1. The van der Waals surface area contributed by atoms with E-state index in [0.29, 0.717) is 6.54 Å². The second-order valence-corrected chi connectivity index (χ2v) is 6.02. The largest absolute Gasteiger partial charge is 0.345 e. The molecule has 16 heavy (non-hydrogen) atoms. The molecule has 3 nitrogen and oxygen atoms in total. The third-order valence-corrected chi connectivity index (χ3v) is 4.44. The van der Waals surface area contributed by atoms with Crippen LogP contribution in [0.5, 0.6) is 0 Å². The molecule has 1 amide bonds. The van der Waals surface area contributed by atoms with Gasteiger partial charge in [0.05, 0.1) is 6.54 Å². The van der Waals surface area contributed by atoms with Crippen molar-refractivity contribution in [1.29, 1.82) is 0 Å². The van der Waals surface area contributed by atoms with E-state index in [2.05, 4.69) is 32.3 Å². The summed E-state index contributed by atoms with van der Waals surface area (Å²) in [6.07, 6.45) is 1.06. The molecule has 0 spiro atoms. The molecule has 0 radical (unpaired) electrons. The summed E-state index contributed by atoms with van der Waals surface area (Å²) in [6.45, 7) is 3.32. The average Bonchev–Trinajstić information content (AvgIpc) is 2.56. The molecule has 88 valence electrons. The Labute approximate surface area is 108 Å². The predicted octanol–water partition coefficient (Wildman–Crippen LogP) is 2.17. The van der Waals surface area contributed by atoms with E-state index in [-0.39, 0.29) is 5.91 Å². The summed E-state index contributed by atoms with van der Waals surface area (Å²) in [5, 5.41) is 2.08. The van der Waals surface area contributed by atoms with Crippen LogP contribution in [0.4, 0.5) is 0 Å². The van der Waals surface area contributed by atoms with Crippen LogP contribution in [0.15, 0.2) is 15.9 Å². The minimum atomic E-state index is 0.230. The van der Waals surface area contributed by atoms with Crippen LogP contribution in [0, 0.1) is 0 Å². The first kappa shape index (κ1) is 12.1. The number of carbonyl (C=O) groups is 1. The van der Waals surface area contributed by atoms with Crippen LogP contribution < -0.4 is 0 Å². The van der Waals surface area contributed by atoms with E-state index in [4.69, 9.17) is 0 Å². The van der Waals surface area contributed by atoms with E-state index in [1.54, 1.807) is 11.3 Å².